The smallest absolute Gasteiger partial charge is 0.133 e. The van der Waals surface area contributed by atoms with E-state index in [2.05, 4.69) is 23.9 Å². The van der Waals surface area contributed by atoms with Gasteiger partial charge >= 0.3 is 0 Å². The molecule has 2 atom stereocenters. The van der Waals surface area contributed by atoms with Crippen LogP contribution in [0.5, 0.6) is 5.75 Å². The van der Waals surface area contributed by atoms with Crippen molar-refractivity contribution in [2.24, 2.45) is 0 Å². The number of ether oxygens (including phenoxy) is 1. The molecule has 2 unspecified atom stereocenters. The third-order valence-electron chi connectivity index (χ3n) is 3.12. The van der Waals surface area contributed by atoms with Crippen LogP contribution in [0.25, 0.3) is 0 Å². The highest BCUT2D eigenvalue weighted by molar-refractivity contribution is 5.17. The van der Waals surface area contributed by atoms with Crippen molar-refractivity contribution in [1.82, 2.24) is 9.88 Å². The molecule has 0 spiro atoms. The molecule has 4 nitrogen and oxygen atoms in total. The topological polar surface area (TPSA) is 45.6 Å². The van der Waals surface area contributed by atoms with Gasteiger partial charge < -0.3 is 9.84 Å². The van der Waals surface area contributed by atoms with E-state index >= 15 is 0 Å². The van der Waals surface area contributed by atoms with Crippen molar-refractivity contribution in [3.05, 3.63) is 24.0 Å². The van der Waals surface area contributed by atoms with E-state index in [4.69, 9.17) is 9.84 Å². The van der Waals surface area contributed by atoms with Crippen molar-refractivity contribution in [3.8, 4) is 5.75 Å². The summed E-state index contributed by atoms with van der Waals surface area (Å²) in [5, 5.41) is 9.15. The summed E-state index contributed by atoms with van der Waals surface area (Å²) in [5.41, 5.74) is 0.972. The highest BCUT2D eigenvalue weighted by Gasteiger charge is 2.27. The fourth-order valence-corrected chi connectivity index (χ4v) is 2.18. The van der Waals surface area contributed by atoms with Gasteiger partial charge in [0.15, 0.2) is 0 Å². The van der Waals surface area contributed by atoms with Crippen LogP contribution in [-0.4, -0.2) is 40.8 Å². The van der Waals surface area contributed by atoms with Crippen LogP contribution >= 0.6 is 0 Å². The molecule has 1 N–H and O–H groups in total. The lowest BCUT2D eigenvalue weighted by molar-refractivity contribution is 0.0810. The largest absolute Gasteiger partial charge is 0.506 e. The van der Waals surface area contributed by atoms with Gasteiger partial charge in [-0.25, -0.2) is 0 Å². The van der Waals surface area contributed by atoms with Gasteiger partial charge in [-0.1, -0.05) is 0 Å². The van der Waals surface area contributed by atoms with Crippen LogP contribution in [0.1, 0.15) is 19.0 Å². The molecule has 2 rings (SSSR count). The zero-order valence-corrected chi connectivity index (χ0v) is 9.76. The summed E-state index contributed by atoms with van der Waals surface area (Å²) in [5.74, 6) is 0.212. The molecule has 0 saturated carbocycles. The van der Waals surface area contributed by atoms with Crippen molar-refractivity contribution in [2.75, 3.05) is 13.7 Å². The average molecular weight is 222 g/mol. The molecule has 2 heterocycles. The first-order valence-corrected chi connectivity index (χ1v) is 5.62. The summed E-state index contributed by atoms with van der Waals surface area (Å²) >= 11 is 0. The Kier molecular flexibility index (Phi) is 3.41. The summed E-state index contributed by atoms with van der Waals surface area (Å²) < 4.78 is 5.54. The van der Waals surface area contributed by atoms with Crippen LogP contribution in [0.2, 0.25) is 0 Å². The molecule has 0 aliphatic carbocycles. The van der Waals surface area contributed by atoms with Crippen molar-refractivity contribution >= 4 is 0 Å². The fraction of sp³-hybridized carbons (Fsp3) is 0.583. The van der Waals surface area contributed by atoms with E-state index in [0.29, 0.717) is 12.1 Å². The Labute approximate surface area is 95.9 Å². The monoisotopic (exact) mass is 222 g/mol. The van der Waals surface area contributed by atoms with Gasteiger partial charge in [-0.3, -0.25) is 9.88 Å². The minimum atomic E-state index is 0.212. The maximum Gasteiger partial charge on any atom is 0.133 e. The van der Waals surface area contributed by atoms with E-state index in [1.165, 1.54) is 6.20 Å². The molecule has 16 heavy (non-hydrogen) atoms. The van der Waals surface area contributed by atoms with Gasteiger partial charge in [0.1, 0.15) is 5.75 Å². The number of likely N-dealkylation sites (N-methyl/N-ethyl adjacent to an activating group) is 1. The molecular weight excluding hydrogens is 204 g/mol. The minimum absolute atomic E-state index is 0.212. The average Bonchev–Trinajstić information content (AvgIpc) is 2.68. The molecule has 1 aliphatic rings. The molecule has 1 aromatic heterocycles. The standard InChI is InChI=1S/C12H18N2O2/c1-9-12(5-6-16-9)14(2)8-10-3-4-11(15)7-13-10/h3-4,7,9,12,15H,5-6,8H2,1-2H3. The molecule has 1 aromatic rings. The van der Waals surface area contributed by atoms with Gasteiger partial charge in [-0.05, 0) is 32.5 Å². The first-order chi connectivity index (χ1) is 7.66. The number of hydrogen-bond acceptors (Lipinski definition) is 4. The molecule has 88 valence electrons. The van der Waals surface area contributed by atoms with E-state index in [-0.39, 0.29) is 5.75 Å². The molecule has 1 aliphatic heterocycles. The van der Waals surface area contributed by atoms with Crippen molar-refractivity contribution in [2.45, 2.75) is 32.0 Å². The normalized spacial score (nSPS) is 25.2. The Hall–Kier alpha value is -1.13. The van der Waals surface area contributed by atoms with Crippen LogP contribution in [-0.2, 0) is 11.3 Å². The van der Waals surface area contributed by atoms with E-state index in [1.54, 1.807) is 6.07 Å². The van der Waals surface area contributed by atoms with Crippen molar-refractivity contribution < 1.29 is 9.84 Å². The molecule has 0 bridgehead atoms. The summed E-state index contributed by atoms with van der Waals surface area (Å²) in [6.07, 6.45) is 2.86. The number of nitrogens with zero attached hydrogens (tertiary/aromatic N) is 2. The zero-order chi connectivity index (χ0) is 11.5. The molecular formula is C12H18N2O2. The Morgan fingerprint density at radius 1 is 1.56 bits per heavy atom. The Morgan fingerprint density at radius 2 is 2.38 bits per heavy atom. The number of aromatic nitrogens is 1. The number of rotatable bonds is 3. The minimum Gasteiger partial charge on any atom is -0.506 e. The van der Waals surface area contributed by atoms with Gasteiger partial charge in [0.2, 0.25) is 0 Å². The SMILES string of the molecule is CC1OCCC1N(C)Cc1ccc(O)cn1. The molecule has 0 amide bonds. The lowest BCUT2D eigenvalue weighted by Gasteiger charge is -2.26. The van der Waals surface area contributed by atoms with Crippen molar-refractivity contribution in [1.29, 1.82) is 0 Å². The quantitative estimate of drug-likeness (QED) is 0.839. The predicted octanol–water partition coefficient (Wildman–Crippen LogP) is 1.40. The van der Waals surface area contributed by atoms with Crippen LogP contribution in [0, 0.1) is 0 Å². The summed E-state index contributed by atoms with van der Waals surface area (Å²) in [7, 11) is 2.09. The van der Waals surface area contributed by atoms with Gasteiger partial charge in [-0.15, -0.1) is 0 Å². The maximum atomic E-state index is 9.15. The second-order valence-electron chi connectivity index (χ2n) is 4.35. The molecule has 0 radical (unpaired) electrons. The molecule has 1 fully saturated rings. The van der Waals surface area contributed by atoms with Gasteiger partial charge in [0.05, 0.1) is 18.0 Å². The molecule has 4 heteroatoms. The number of hydrogen-bond donors (Lipinski definition) is 1. The lowest BCUT2D eigenvalue weighted by Crippen LogP contribution is -2.36. The van der Waals surface area contributed by atoms with Crippen LogP contribution in [0.15, 0.2) is 18.3 Å². The third-order valence-corrected chi connectivity index (χ3v) is 3.12. The Bertz CT molecular complexity index is 339. The van der Waals surface area contributed by atoms with Gasteiger partial charge in [0, 0.05) is 19.2 Å². The third kappa shape index (κ3) is 2.51. The van der Waals surface area contributed by atoms with Crippen LogP contribution < -0.4 is 0 Å². The van der Waals surface area contributed by atoms with Crippen LogP contribution in [0.4, 0.5) is 0 Å². The van der Waals surface area contributed by atoms with E-state index < -0.39 is 0 Å². The maximum absolute atomic E-state index is 9.15. The van der Waals surface area contributed by atoms with Gasteiger partial charge in [0.25, 0.3) is 0 Å². The summed E-state index contributed by atoms with van der Waals surface area (Å²) in [6.45, 7) is 3.75. The molecule has 0 aromatic carbocycles. The van der Waals surface area contributed by atoms with E-state index in [0.717, 1.165) is 25.3 Å². The lowest BCUT2D eigenvalue weighted by atomic mass is 10.1. The Balaban J connectivity index is 1.96. The second kappa shape index (κ2) is 4.80. The molecule has 1 saturated heterocycles. The first-order valence-electron chi connectivity index (χ1n) is 5.62. The number of pyridine rings is 1. The first kappa shape index (κ1) is 11.4. The number of aromatic hydroxyl groups is 1. The second-order valence-corrected chi connectivity index (χ2v) is 4.35. The van der Waals surface area contributed by atoms with E-state index in [1.807, 2.05) is 6.07 Å². The van der Waals surface area contributed by atoms with E-state index in [9.17, 15) is 0 Å². The Morgan fingerprint density at radius 3 is 2.94 bits per heavy atom. The summed E-state index contributed by atoms with van der Waals surface area (Å²) in [6, 6.07) is 3.99. The highest BCUT2D eigenvalue weighted by Crippen LogP contribution is 2.19. The van der Waals surface area contributed by atoms with Crippen molar-refractivity contribution in [3.63, 3.8) is 0 Å². The highest BCUT2D eigenvalue weighted by atomic mass is 16.5. The zero-order valence-electron chi connectivity index (χ0n) is 9.76. The van der Waals surface area contributed by atoms with Crippen LogP contribution in [0.3, 0.4) is 0 Å². The summed E-state index contributed by atoms with van der Waals surface area (Å²) in [4.78, 5) is 6.44. The predicted molar refractivity (Wildman–Crippen MR) is 61.2 cm³/mol. The van der Waals surface area contributed by atoms with Gasteiger partial charge in [-0.2, -0.15) is 0 Å². The fourth-order valence-electron chi connectivity index (χ4n) is 2.18.